The van der Waals surface area contributed by atoms with E-state index in [4.69, 9.17) is 4.98 Å². The van der Waals surface area contributed by atoms with Crippen molar-refractivity contribution in [2.45, 2.75) is 69.7 Å². The molecule has 2 aliphatic carbocycles. The molecule has 13 heteroatoms. The molecule has 3 aliphatic rings. The van der Waals surface area contributed by atoms with Crippen molar-refractivity contribution in [2.75, 3.05) is 19.6 Å². The number of benzene rings is 1. The summed E-state index contributed by atoms with van der Waals surface area (Å²) in [5.74, 6) is -1.71. The van der Waals surface area contributed by atoms with E-state index >= 15 is 0 Å². The van der Waals surface area contributed by atoms with Gasteiger partial charge in [0.1, 0.15) is 10.3 Å². The number of hydrogen-bond acceptors (Lipinski definition) is 7. The van der Waals surface area contributed by atoms with E-state index in [-0.39, 0.29) is 35.9 Å². The average molecular weight is 670 g/mol. The van der Waals surface area contributed by atoms with Gasteiger partial charge in [0.2, 0.25) is 0 Å². The molecule has 248 valence electrons. The molecule has 1 saturated carbocycles. The van der Waals surface area contributed by atoms with Gasteiger partial charge in [0.05, 0.1) is 17.6 Å². The van der Waals surface area contributed by atoms with E-state index in [1.54, 1.807) is 0 Å². The summed E-state index contributed by atoms with van der Waals surface area (Å²) in [6.45, 7) is 2.22. The molecule has 8 nitrogen and oxygen atoms in total. The fourth-order valence-corrected chi connectivity index (χ4v) is 8.01. The number of alkyl halides is 3. The van der Waals surface area contributed by atoms with E-state index < -0.39 is 28.9 Å². The predicted molar refractivity (Wildman–Crippen MR) is 170 cm³/mol. The molecule has 1 amide bonds. The number of nitrogens with zero attached hydrogens (tertiary/aromatic N) is 3. The number of aromatic amines is 1. The molecule has 0 spiro atoms. The van der Waals surface area contributed by atoms with Gasteiger partial charge >= 0.3 is 6.18 Å². The first-order valence-corrected chi connectivity index (χ1v) is 16.9. The van der Waals surface area contributed by atoms with Crippen LogP contribution in [0.2, 0.25) is 0 Å². The van der Waals surface area contributed by atoms with E-state index in [9.17, 15) is 32.3 Å². The number of aliphatic hydroxyl groups excluding tert-OH is 1. The molecule has 3 aromatic heterocycles. The van der Waals surface area contributed by atoms with Crippen molar-refractivity contribution in [3.8, 4) is 11.1 Å². The fraction of sp³-hybridized carbons (Fsp3) is 0.471. The van der Waals surface area contributed by atoms with Crippen LogP contribution in [0.5, 0.6) is 0 Å². The van der Waals surface area contributed by atoms with Crippen LogP contribution in [-0.4, -0.2) is 62.8 Å². The average Bonchev–Trinajstić information content (AvgIpc) is 3.78. The van der Waals surface area contributed by atoms with E-state index in [1.165, 1.54) is 23.6 Å². The van der Waals surface area contributed by atoms with Crippen molar-refractivity contribution in [3.63, 3.8) is 0 Å². The molecule has 7 rings (SSSR count). The Morgan fingerprint density at radius 1 is 1.11 bits per heavy atom. The number of rotatable bonds is 8. The Hall–Kier alpha value is -3.68. The van der Waals surface area contributed by atoms with Gasteiger partial charge in [0.25, 0.3) is 11.5 Å². The van der Waals surface area contributed by atoms with E-state index in [0.29, 0.717) is 66.5 Å². The number of fused-ring (bicyclic) bond motifs is 2. The summed E-state index contributed by atoms with van der Waals surface area (Å²) in [5, 5.41) is 13.3. The van der Waals surface area contributed by atoms with E-state index in [0.717, 1.165) is 29.9 Å². The second kappa shape index (κ2) is 12.4. The standard InChI is InChI=1S/C34H35F4N5O3S/c35-25-16-22(18-39-29(25)45)19-1-3-20(4-2-19)27(9-14-43-12-7-24(44)8-13-43)40-30(46)32-42-28-17-21-15-23(33(10-11-33)34(36,37)38)5-6-26(21)41-31(28)47-32/h1-4,16-18,23-24,27,44H,5-15H2,(H,39,45)(H,40,46)/t23-,27?/m0/s1. The lowest BCUT2D eigenvalue weighted by Crippen LogP contribution is -2.38. The highest BCUT2D eigenvalue weighted by atomic mass is 32.1. The van der Waals surface area contributed by atoms with Crippen LogP contribution in [0.4, 0.5) is 17.6 Å². The van der Waals surface area contributed by atoms with Crippen LogP contribution in [-0.2, 0) is 12.8 Å². The number of halogens is 4. The quantitative estimate of drug-likeness (QED) is 0.200. The second-order valence-corrected chi connectivity index (χ2v) is 14.1. The van der Waals surface area contributed by atoms with Crippen LogP contribution in [0.25, 0.3) is 21.5 Å². The number of thiazole rings is 1. The number of carbonyl (C=O) groups is 1. The third-order valence-electron chi connectivity index (χ3n) is 10.2. The highest BCUT2D eigenvalue weighted by Gasteiger charge is 2.66. The minimum atomic E-state index is -4.20. The first-order valence-electron chi connectivity index (χ1n) is 16.0. The minimum Gasteiger partial charge on any atom is -0.393 e. The summed E-state index contributed by atoms with van der Waals surface area (Å²) in [5.41, 5.74) is 1.77. The van der Waals surface area contributed by atoms with Gasteiger partial charge in [-0.3, -0.25) is 9.59 Å². The Morgan fingerprint density at radius 3 is 2.53 bits per heavy atom. The van der Waals surface area contributed by atoms with Gasteiger partial charge in [-0.05, 0) is 86.1 Å². The van der Waals surface area contributed by atoms with Crippen LogP contribution in [0.1, 0.15) is 71.2 Å². The first-order chi connectivity index (χ1) is 22.5. The number of aliphatic hydroxyl groups is 1. The van der Waals surface area contributed by atoms with Gasteiger partial charge in [-0.15, -0.1) is 0 Å². The summed E-state index contributed by atoms with van der Waals surface area (Å²) in [7, 11) is 0. The van der Waals surface area contributed by atoms with Crippen LogP contribution in [0.15, 0.2) is 47.4 Å². The van der Waals surface area contributed by atoms with Gasteiger partial charge in [-0.2, -0.15) is 13.2 Å². The molecular weight excluding hydrogens is 634 g/mol. The molecule has 47 heavy (non-hydrogen) atoms. The van der Waals surface area contributed by atoms with Crippen molar-refractivity contribution < 1.29 is 27.5 Å². The van der Waals surface area contributed by atoms with Crippen molar-refractivity contribution in [2.24, 2.45) is 11.3 Å². The third kappa shape index (κ3) is 6.44. The number of pyridine rings is 2. The zero-order valence-corrected chi connectivity index (χ0v) is 26.4. The highest BCUT2D eigenvalue weighted by Crippen LogP contribution is 2.64. The summed E-state index contributed by atoms with van der Waals surface area (Å²) in [6.07, 6.45) is 0.539. The molecule has 4 heterocycles. The fourth-order valence-electron chi connectivity index (χ4n) is 7.17. The number of aryl methyl sites for hydroxylation is 1. The van der Waals surface area contributed by atoms with Gasteiger partial charge in [-0.1, -0.05) is 35.6 Å². The molecule has 0 radical (unpaired) electrons. The van der Waals surface area contributed by atoms with E-state index in [1.807, 2.05) is 30.3 Å². The normalized spacial score (nSPS) is 20.6. The Labute approximate surface area is 272 Å². The van der Waals surface area contributed by atoms with Crippen LogP contribution in [0, 0.1) is 17.2 Å². The van der Waals surface area contributed by atoms with Crippen molar-refractivity contribution in [1.29, 1.82) is 0 Å². The molecule has 1 unspecified atom stereocenters. The molecule has 2 fully saturated rings. The largest absolute Gasteiger partial charge is 0.394 e. The van der Waals surface area contributed by atoms with Crippen molar-refractivity contribution in [1.82, 2.24) is 25.2 Å². The Morgan fingerprint density at radius 2 is 1.85 bits per heavy atom. The summed E-state index contributed by atoms with van der Waals surface area (Å²) >= 11 is 1.17. The zero-order chi connectivity index (χ0) is 32.9. The van der Waals surface area contributed by atoms with Crippen molar-refractivity contribution >= 4 is 27.6 Å². The minimum absolute atomic E-state index is 0.183. The molecule has 3 N–H and O–H groups in total. The number of amides is 1. The summed E-state index contributed by atoms with van der Waals surface area (Å²) in [4.78, 5) is 39.6. The maximum absolute atomic E-state index is 13.9. The number of nitrogens with one attached hydrogen (secondary N) is 2. The lowest BCUT2D eigenvalue weighted by Gasteiger charge is -2.32. The number of aromatic nitrogens is 3. The van der Waals surface area contributed by atoms with Crippen molar-refractivity contribution in [3.05, 3.63) is 80.6 Å². The van der Waals surface area contributed by atoms with Crippen LogP contribution >= 0.6 is 11.3 Å². The second-order valence-electron chi connectivity index (χ2n) is 13.1. The SMILES string of the molecule is O=C(NC(CCN1CCC(O)CC1)c1ccc(-c2c[nH]c(=O)c(F)c2)cc1)c1nc2cc3c(nc2s1)CC[C@H](C1(C(F)(F)F)CC1)C3. The summed E-state index contributed by atoms with van der Waals surface area (Å²) < 4.78 is 55.4. The molecule has 0 bridgehead atoms. The topological polar surface area (TPSA) is 111 Å². The lowest BCUT2D eigenvalue weighted by atomic mass is 9.76. The van der Waals surface area contributed by atoms with Gasteiger partial charge < -0.3 is 20.3 Å². The Bertz CT molecular complexity index is 1850. The smallest absolute Gasteiger partial charge is 0.393 e. The molecular formula is C34H35F4N5O3S. The van der Waals surface area contributed by atoms with Gasteiger partial charge in [-0.25, -0.2) is 14.4 Å². The first kappa shape index (κ1) is 31.9. The maximum Gasteiger partial charge on any atom is 0.394 e. The van der Waals surface area contributed by atoms with Crippen LogP contribution < -0.4 is 10.9 Å². The number of hydrogen-bond donors (Lipinski definition) is 3. The zero-order valence-electron chi connectivity index (χ0n) is 25.6. The van der Waals surface area contributed by atoms with E-state index in [2.05, 4.69) is 20.2 Å². The predicted octanol–water partition coefficient (Wildman–Crippen LogP) is 5.95. The molecule has 4 aromatic rings. The molecule has 1 saturated heterocycles. The van der Waals surface area contributed by atoms with Gasteiger partial charge in [0, 0.05) is 37.1 Å². The lowest BCUT2D eigenvalue weighted by molar-refractivity contribution is -0.204. The molecule has 1 aromatic carbocycles. The number of H-pyrrole nitrogens is 1. The summed E-state index contributed by atoms with van der Waals surface area (Å²) in [6, 6.07) is 9.94. The molecule has 2 atom stereocenters. The third-order valence-corrected chi connectivity index (χ3v) is 11.1. The number of carbonyl (C=O) groups excluding carboxylic acids is 1. The van der Waals surface area contributed by atoms with Crippen LogP contribution in [0.3, 0.4) is 0 Å². The monoisotopic (exact) mass is 669 g/mol. The Balaban J connectivity index is 1.10. The number of piperidine rings is 1. The maximum atomic E-state index is 13.9. The molecule has 1 aliphatic heterocycles. The highest BCUT2D eigenvalue weighted by molar-refractivity contribution is 7.19. The Kier molecular flexibility index (Phi) is 8.42. The van der Waals surface area contributed by atoms with Gasteiger partial charge in [0.15, 0.2) is 10.8 Å². The number of likely N-dealkylation sites (tertiary alicyclic amines) is 1.